The Bertz CT molecular complexity index is 795. The molecule has 1 aromatic rings. The molecule has 0 saturated carbocycles. The first-order chi connectivity index (χ1) is 14.6. The van der Waals surface area contributed by atoms with Crippen LogP contribution in [0.2, 0.25) is 0 Å². The number of hydrogen-bond donors (Lipinski definition) is 3. The normalized spacial score (nSPS) is 13.8. The maximum Gasteiger partial charge on any atom is 0.408 e. The van der Waals surface area contributed by atoms with Gasteiger partial charge in [-0.2, -0.15) is 12.6 Å². The van der Waals surface area contributed by atoms with Gasteiger partial charge in [0.1, 0.15) is 17.7 Å². The Balaban J connectivity index is 3.43. The van der Waals surface area contributed by atoms with Crippen LogP contribution in [0.25, 0.3) is 0 Å². The van der Waals surface area contributed by atoms with Crippen LogP contribution in [0.5, 0.6) is 0 Å². The lowest BCUT2D eigenvalue weighted by molar-refractivity contribution is -0.148. The molecule has 8 heteroatoms. The predicted molar refractivity (Wildman–Crippen MR) is 131 cm³/mol. The summed E-state index contributed by atoms with van der Waals surface area (Å²) in [6, 6.07) is 5.57. The first-order valence-electron chi connectivity index (χ1n) is 10.9. The Hall–Kier alpha value is -2.22. The summed E-state index contributed by atoms with van der Waals surface area (Å²) in [4.78, 5) is 40.9. The Labute approximate surface area is 198 Å². The second-order valence-corrected chi connectivity index (χ2v) is 10.6. The zero-order chi connectivity index (χ0) is 24.9. The van der Waals surface area contributed by atoms with Crippen molar-refractivity contribution in [2.75, 3.05) is 5.75 Å². The zero-order valence-electron chi connectivity index (χ0n) is 20.8. The molecule has 0 aliphatic carbocycles. The van der Waals surface area contributed by atoms with E-state index in [4.69, 9.17) is 4.74 Å². The number of rotatable bonds is 7. The van der Waals surface area contributed by atoms with E-state index in [0.29, 0.717) is 5.56 Å². The molecule has 0 radical (unpaired) electrons. The van der Waals surface area contributed by atoms with Gasteiger partial charge >= 0.3 is 6.09 Å². The lowest BCUT2D eigenvalue weighted by atomic mass is 9.95. The minimum Gasteiger partial charge on any atom is -0.444 e. The molecule has 2 N–H and O–H groups in total. The van der Waals surface area contributed by atoms with E-state index < -0.39 is 35.2 Å². The Morgan fingerprint density at radius 3 is 1.94 bits per heavy atom. The van der Waals surface area contributed by atoms with Gasteiger partial charge in [-0.05, 0) is 67.9 Å². The maximum atomic E-state index is 13.7. The molecule has 7 nitrogen and oxygen atoms in total. The molecule has 0 fully saturated rings. The largest absolute Gasteiger partial charge is 0.444 e. The van der Waals surface area contributed by atoms with Crippen LogP contribution in [0, 0.1) is 6.92 Å². The van der Waals surface area contributed by atoms with Gasteiger partial charge in [0.05, 0.1) is 0 Å². The molecule has 0 aromatic heterocycles. The van der Waals surface area contributed by atoms with E-state index in [2.05, 4.69) is 23.3 Å². The molecule has 0 spiro atoms. The molecule has 2 atom stereocenters. The van der Waals surface area contributed by atoms with E-state index in [1.165, 1.54) is 4.90 Å². The van der Waals surface area contributed by atoms with Gasteiger partial charge in [-0.25, -0.2) is 4.79 Å². The fourth-order valence-corrected chi connectivity index (χ4v) is 3.43. The molecule has 1 rings (SSSR count). The van der Waals surface area contributed by atoms with Gasteiger partial charge in [0.25, 0.3) is 0 Å². The molecule has 0 aliphatic heterocycles. The summed E-state index contributed by atoms with van der Waals surface area (Å²) in [5.41, 5.74) is 0.301. The monoisotopic (exact) mass is 465 g/mol. The van der Waals surface area contributed by atoms with Gasteiger partial charge in [-0.1, -0.05) is 29.8 Å². The van der Waals surface area contributed by atoms with Crippen molar-refractivity contribution in [1.29, 1.82) is 0 Å². The third-order valence-electron chi connectivity index (χ3n) is 4.46. The van der Waals surface area contributed by atoms with Gasteiger partial charge in [-0.15, -0.1) is 0 Å². The minimum absolute atomic E-state index is 0.0527. The van der Waals surface area contributed by atoms with Crippen LogP contribution in [-0.2, 0) is 14.3 Å². The van der Waals surface area contributed by atoms with E-state index in [9.17, 15) is 14.4 Å². The molecule has 32 heavy (non-hydrogen) atoms. The van der Waals surface area contributed by atoms with Crippen molar-refractivity contribution in [3.63, 3.8) is 0 Å². The summed E-state index contributed by atoms with van der Waals surface area (Å²) in [6.45, 7) is 16.5. The van der Waals surface area contributed by atoms with Crippen molar-refractivity contribution < 1.29 is 19.1 Å². The minimum atomic E-state index is -0.966. The van der Waals surface area contributed by atoms with Gasteiger partial charge in [0, 0.05) is 17.3 Å². The molecule has 0 aliphatic rings. The number of nitrogens with one attached hydrogen (secondary N) is 2. The fraction of sp³-hybridized carbons (Fsp3) is 0.625. The average molecular weight is 466 g/mol. The van der Waals surface area contributed by atoms with E-state index in [1.54, 1.807) is 20.8 Å². The SMILES string of the molecule is Cc1ccc(C(C(=O)NC(C)C)N(C(=O)C(CS)NC(=O)OC(C)(C)C)C(C)(C)C)cc1. The Morgan fingerprint density at radius 1 is 1.00 bits per heavy atom. The lowest BCUT2D eigenvalue weighted by Gasteiger charge is -2.43. The molecule has 0 bridgehead atoms. The fourth-order valence-electron chi connectivity index (χ4n) is 3.18. The first kappa shape index (κ1) is 27.8. The highest BCUT2D eigenvalue weighted by Gasteiger charge is 2.41. The maximum absolute atomic E-state index is 13.7. The molecular formula is C24H39N3O4S. The number of thiol groups is 1. The molecule has 180 valence electrons. The van der Waals surface area contributed by atoms with Crippen molar-refractivity contribution in [2.45, 2.75) is 91.6 Å². The van der Waals surface area contributed by atoms with Crippen molar-refractivity contribution in [1.82, 2.24) is 15.5 Å². The average Bonchev–Trinajstić information content (AvgIpc) is 2.61. The van der Waals surface area contributed by atoms with Crippen LogP contribution in [-0.4, -0.2) is 51.8 Å². The molecule has 0 heterocycles. The quantitative estimate of drug-likeness (QED) is 0.531. The van der Waals surface area contributed by atoms with Gasteiger partial charge in [0.15, 0.2) is 0 Å². The number of amides is 3. The smallest absolute Gasteiger partial charge is 0.408 e. The summed E-state index contributed by atoms with van der Waals surface area (Å²) in [5.74, 6) is -0.651. The number of hydrogen-bond acceptors (Lipinski definition) is 5. The van der Waals surface area contributed by atoms with E-state index in [1.807, 2.05) is 65.8 Å². The van der Waals surface area contributed by atoms with E-state index in [0.717, 1.165) is 5.56 Å². The van der Waals surface area contributed by atoms with Crippen LogP contribution in [0.1, 0.15) is 72.6 Å². The Morgan fingerprint density at radius 2 is 1.53 bits per heavy atom. The van der Waals surface area contributed by atoms with Crippen molar-refractivity contribution >= 4 is 30.5 Å². The molecule has 0 saturated heterocycles. The lowest BCUT2D eigenvalue weighted by Crippen LogP contribution is -2.59. The standard InChI is InChI=1S/C24H39N3O4S/c1-15(2)25-20(28)19(17-12-10-16(3)11-13-17)27(23(4,5)6)21(29)18(14-32)26-22(30)31-24(7,8)9/h10-13,15,18-19,32H,14H2,1-9H3,(H,25,28)(H,26,30). The van der Waals surface area contributed by atoms with Gasteiger partial charge in [0.2, 0.25) is 11.8 Å². The van der Waals surface area contributed by atoms with Gasteiger partial charge < -0.3 is 20.3 Å². The highest BCUT2D eigenvalue weighted by Crippen LogP contribution is 2.30. The van der Waals surface area contributed by atoms with Gasteiger partial charge in [-0.3, -0.25) is 9.59 Å². The Kier molecular flexibility index (Phi) is 9.63. The third-order valence-corrected chi connectivity index (χ3v) is 4.83. The number of carbonyl (C=O) groups is 3. The van der Waals surface area contributed by atoms with Crippen LogP contribution in [0.3, 0.4) is 0 Å². The number of nitrogens with zero attached hydrogens (tertiary/aromatic N) is 1. The van der Waals surface area contributed by atoms with Crippen molar-refractivity contribution in [3.05, 3.63) is 35.4 Å². The number of aryl methyl sites for hydroxylation is 1. The number of ether oxygens (including phenoxy) is 1. The highest BCUT2D eigenvalue weighted by atomic mass is 32.1. The summed E-state index contributed by atoms with van der Waals surface area (Å²) < 4.78 is 5.31. The molecule has 2 unspecified atom stereocenters. The molecule has 1 aromatic carbocycles. The van der Waals surface area contributed by atoms with Crippen LogP contribution < -0.4 is 10.6 Å². The number of alkyl carbamates (subject to hydrolysis) is 1. The van der Waals surface area contributed by atoms with E-state index in [-0.39, 0.29) is 17.7 Å². The third kappa shape index (κ3) is 8.37. The topological polar surface area (TPSA) is 87.7 Å². The van der Waals surface area contributed by atoms with Crippen molar-refractivity contribution in [2.24, 2.45) is 0 Å². The number of carbonyl (C=O) groups excluding carboxylic acids is 3. The van der Waals surface area contributed by atoms with Crippen LogP contribution >= 0.6 is 12.6 Å². The summed E-state index contributed by atoms with van der Waals surface area (Å²) in [6.07, 6.45) is -0.711. The van der Waals surface area contributed by atoms with Crippen LogP contribution in [0.4, 0.5) is 4.79 Å². The predicted octanol–water partition coefficient (Wildman–Crippen LogP) is 4.01. The van der Waals surface area contributed by atoms with E-state index >= 15 is 0 Å². The summed E-state index contributed by atoms with van der Waals surface area (Å²) in [5, 5.41) is 5.54. The summed E-state index contributed by atoms with van der Waals surface area (Å²) in [7, 11) is 0. The summed E-state index contributed by atoms with van der Waals surface area (Å²) >= 11 is 4.29. The molecule has 3 amide bonds. The first-order valence-corrected chi connectivity index (χ1v) is 11.5. The second-order valence-electron chi connectivity index (χ2n) is 10.2. The van der Waals surface area contributed by atoms with Crippen molar-refractivity contribution in [3.8, 4) is 0 Å². The highest BCUT2D eigenvalue weighted by molar-refractivity contribution is 7.80. The second kappa shape index (κ2) is 11.1. The molecular weight excluding hydrogens is 426 g/mol. The van der Waals surface area contributed by atoms with Crippen LogP contribution in [0.15, 0.2) is 24.3 Å². The zero-order valence-corrected chi connectivity index (χ0v) is 21.7. The number of benzene rings is 1.